The van der Waals surface area contributed by atoms with E-state index >= 15 is 0 Å². The average molecular weight is 566 g/mol. The second-order valence-corrected chi connectivity index (χ2v) is 12.8. The zero-order valence-corrected chi connectivity index (χ0v) is 22.0. The number of hydrogen-bond donors (Lipinski definition) is 3. The van der Waals surface area contributed by atoms with Gasteiger partial charge in [0.1, 0.15) is 11.7 Å². The Labute approximate surface area is 223 Å². The molecule has 3 saturated carbocycles. The average Bonchev–Trinajstić information content (AvgIpc) is 3.32. The molecule has 3 fully saturated rings. The summed E-state index contributed by atoms with van der Waals surface area (Å²) in [6, 6.07) is 6.65. The number of nitrogens with one attached hydrogen (secondary N) is 1. The molecular formula is C26H26ClF2N3O5S. The SMILES string of the molecule is Cn1cc(C(O)[C@]2(O)C3CC(S(=O)(=O)c4cc(C(=O)Nc5ccc(F)c(F)c5)ccc4Cl)CC2[C@@H]3C)cn1. The first-order chi connectivity index (χ1) is 17.8. The zero-order valence-electron chi connectivity index (χ0n) is 20.5. The number of rotatable bonds is 6. The van der Waals surface area contributed by atoms with Gasteiger partial charge in [-0.1, -0.05) is 18.5 Å². The first-order valence-corrected chi connectivity index (χ1v) is 13.9. The summed E-state index contributed by atoms with van der Waals surface area (Å²) < 4.78 is 55.6. The third kappa shape index (κ3) is 4.21. The monoisotopic (exact) mass is 565 g/mol. The summed E-state index contributed by atoms with van der Waals surface area (Å²) in [4.78, 5) is 12.5. The molecule has 0 radical (unpaired) electrons. The molecular weight excluding hydrogens is 540 g/mol. The van der Waals surface area contributed by atoms with E-state index < -0.39 is 56.2 Å². The van der Waals surface area contributed by atoms with E-state index in [1.165, 1.54) is 29.1 Å². The molecule has 2 bridgehead atoms. The predicted molar refractivity (Wildman–Crippen MR) is 135 cm³/mol. The molecule has 3 aromatic rings. The Bertz CT molecular complexity index is 1510. The number of sulfone groups is 1. The second kappa shape index (κ2) is 9.41. The lowest BCUT2D eigenvalue weighted by atomic mass is 9.46. The van der Waals surface area contributed by atoms with E-state index in [0.29, 0.717) is 5.56 Å². The minimum atomic E-state index is -4.03. The third-order valence-corrected chi connectivity index (χ3v) is 10.7. The Morgan fingerprint density at radius 3 is 2.47 bits per heavy atom. The number of carbonyl (C=O) groups excluding carboxylic acids is 1. The lowest BCUT2D eigenvalue weighted by molar-refractivity contribution is -0.265. The van der Waals surface area contributed by atoms with Gasteiger partial charge in [-0.05, 0) is 60.9 Å². The molecule has 1 aromatic heterocycles. The summed E-state index contributed by atoms with van der Waals surface area (Å²) in [7, 11) is -2.33. The maximum absolute atomic E-state index is 13.7. The van der Waals surface area contributed by atoms with Gasteiger partial charge in [-0.15, -0.1) is 0 Å². The van der Waals surface area contributed by atoms with Crippen molar-refractivity contribution in [2.24, 2.45) is 24.8 Å². The van der Waals surface area contributed by atoms with Gasteiger partial charge < -0.3 is 15.5 Å². The van der Waals surface area contributed by atoms with Crippen LogP contribution in [-0.2, 0) is 16.9 Å². The molecule has 2 aromatic carbocycles. The van der Waals surface area contributed by atoms with Crippen LogP contribution in [0.4, 0.5) is 14.5 Å². The summed E-state index contributed by atoms with van der Waals surface area (Å²) in [5.74, 6) is -3.88. The number of hydrogen-bond acceptors (Lipinski definition) is 6. The maximum Gasteiger partial charge on any atom is 0.255 e. The van der Waals surface area contributed by atoms with Crippen LogP contribution >= 0.6 is 11.6 Å². The quantitative estimate of drug-likeness (QED) is 0.417. The number of aliphatic hydroxyl groups excluding tert-OH is 1. The summed E-state index contributed by atoms with van der Waals surface area (Å²) in [5.41, 5.74) is -1.05. The summed E-state index contributed by atoms with van der Waals surface area (Å²) in [5, 5.41) is 28.0. The number of anilines is 1. The number of benzene rings is 2. The largest absolute Gasteiger partial charge is 0.386 e. The fourth-order valence-corrected chi connectivity index (χ4v) is 8.43. The van der Waals surface area contributed by atoms with Crippen LogP contribution in [0.3, 0.4) is 0 Å². The Hall–Kier alpha value is -2.86. The molecule has 6 rings (SSSR count). The van der Waals surface area contributed by atoms with Crippen LogP contribution < -0.4 is 5.32 Å². The predicted octanol–water partition coefficient (Wildman–Crippen LogP) is 3.89. The molecule has 0 spiro atoms. The van der Waals surface area contributed by atoms with Gasteiger partial charge in [0.15, 0.2) is 21.5 Å². The molecule has 1 heterocycles. The van der Waals surface area contributed by atoms with Crippen molar-refractivity contribution >= 4 is 33.0 Å². The number of halogens is 3. The van der Waals surface area contributed by atoms with Crippen LogP contribution in [0.2, 0.25) is 5.02 Å². The van der Waals surface area contributed by atoms with Crippen LogP contribution in [0.5, 0.6) is 0 Å². The van der Waals surface area contributed by atoms with E-state index in [1.54, 1.807) is 13.2 Å². The minimum Gasteiger partial charge on any atom is -0.386 e. The van der Waals surface area contributed by atoms with E-state index in [4.69, 9.17) is 11.6 Å². The van der Waals surface area contributed by atoms with Gasteiger partial charge >= 0.3 is 0 Å². The van der Waals surface area contributed by atoms with Crippen LogP contribution in [0.1, 0.15) is 41.8 Å². The molecule has 1 amide bonds. The van der Waals surface area contributed by atoms with E-state index in [0.717, 1.165) is 18.2 Å². The van der Waals surface area contributed by atoms with Crippen molar-refractivity contribution in [3.8, 4) is 0 Å². The third-order valence-electron chi connectivity index (χ3n) is 8.09. The van der Waals surface area contributed by atoms with E-state index in [-0.39, 0.29) is 39.9 Å². The van der Waals surface area contributed by atoms with Gasteiger partial charge in [-0.25, -0.2) is 17.2 Å². The minimum absolute atomic E-state index is 0.000993. The van der Waals surface area contributed by atoms with Crippen LogP contribution in [0, 0.1) is 29.4 Å². The molecule has 38 heavy (non-hydrogen) atoms. The number of aliphatic hydroxyl groups is 2. The molecule has 8 nitrogen and oxygen atoms in total. The standard InChI is InChI=1S/C26H26ClF2N3O5S/c1-13-18-9-17(10-19(13)26(18,35)24(33)15-11-30-32(2)12-15)38(36,37)23-7-14(3-5-20(23)27)25(34)31-16-4-6-21(28)22(29)8-16/h3-8,11-13,17-19,24,33,35H,9-10H2,1-2H3,(H,31,34)/t13-,17?,18?,19?,24?,26+. The summed E-state index contributed by atoms with van der Waals surface area (Å²) in [6.07, 6.45) is 2.10. The molecule has 0 aliphatic heterocycles. The van der Waals surface area contributed by atoms with Crippen molar-refractivity contribution in [2.45, 2.75) is 41.6 Å². The molecule has 3 N–H and O–H groups in total. The summed E-state index contributed by atoms with van der Waals surface area (Å²) in [6.45, 7) is 1.93. The van der Waals surface area contributed by atoms with Crippen molar-refractivity contribution < 1.29 is 32.2 Å². The smallest absolute Gasteiger partial charge is 0.255 e. The topological polar surface area (TPSA) is 122 Å². The van der Waals surface area contributed by atoms with Crippen LogP contribution in [0.25, 0.3) is 0 Å². The van der Waals surface area contributed by atoms with Crippen molar-refractivity contribution in [3.63, 3.8) is 0 Å². The lowest BCUT2D eigenvalue weighted by Gasteiger charge is -2.64. The van der Waals surface area contributed by atoms with Gasteiger partial charge in [-0.3, -0.25) is 9.48 Å². The van der Waals surface area contributed by atoms with Gasteiger partial charge in [0.05, 0.1) is 21.4 Å². The lowest BCUT2D eigenvalue weighted by Crippen LogP contribution is -2.69. The van der Waals surface area contributed by atoms with Gasteiger partial charge in [-0.2, -0.15) is 5.10 Å². The fraction of sp³-hybridized carbons (Fsp3) is 0.385. The highest BCUT2D eigenvalue weighted by molar-refractivity contribution is 7.92. The Morgan fingerprint density at radius 2 is 1.87 bits per heavy atom. The molecule has 3 aliphatic rings. The number of fused-ring (bicyclic) bond motifs is 2. The van der Waals surface area contributed by atoms with E-state index in [2.05, 4.69) is 10.4 Å². The highest BCUT2D eigenvalue weighted by Gasteiger charge is 2.67. The fourth-order valence-electron chi connectivity index (χ4n) is 6.08. The normalized spacial score (nSPS) is 27.4. The molecule has 3 aliphatic carbocycles. The number of aryl methyl sites for hydroxylation is 1. The van der Waals surface area contributed by atoms with Gasteiger partial charge in [0, 0.05) is 36.1 Å². The highest BCUT2D eigenvalue weighted by atomic mass is 35.5. The molecule has 202 valence electrons. The zero-order chi connectivity index (χ0) is 27.6. The van der Waals surface area contributed by atoms with E-state index in [1.807, 2.05) is 6.92 Å². The van der Waals surface area contributed by atoms with E-state index in [9.17, 15) is 32.2 Å². The van der Waals surface area contributed by atoms with Crippen LogP contribution in [-0.4, -0.2) is 45.2 Å². The second-order valence-electron chi connectivity index (χ2n) is 10.2. The molecule has 12 heteroatoms. The van der Waals surface area contributed by atoms with Crippen molar-refractivity contribution in [2.75, 3.05) is 5.32 Å². The first kappa shape index (κ1) is 26.7. The molecule has 0 saturated heterocycles. The first-order valence-electron chi connectivity index (χ1n) is 12.0. The number of carbonyl (C=O) groups is 1. The summed E-state index contributed by atoms with van der Waals surface area (Å²) >= 11 is 6.27. The van der Waals surface area contributed by atoms with Crippen molar-refractivity contribution in [3.05, 3.63) is 76.6 Å². The number of aromatic nitrogens is 2. The highest BCUT2D eigenvalue weighted by Crippen LogP contribution is 2.63. The number of nitrogens with zero attached hydrogens (tertiary/aromatic N) is 2. The Morgan fingerprint density at radius 1 is 1.18 bits per heavy atom. The molecule has 3 unspecified atom stereocenters. The Balaban J connectivity index is 1.38. The molecule has 3 atom stereocenters. The number of amides is 1. The Kier molecular flexibility index (Phi) is 6.62. The van der Waals surface area contributed by atoms with Crippen molar-refractivity contribution in [1.82, 2.24) is 9.78 Å². The van der Waals surface area contributed by atoms with Gasteiger partial charge in [0.25, 0.3) is 5.91 Å². The maximum atomic E-state index is 13.7. The van der Waals surface area contributed by atoms with Gasteiger partial charge in [0.2, 0.25) is 0 Å². The van der Waals surface area contributed by atoms with Crippen LogP contribution in [0.15, 0.2) is 53.7 Å². The van der Waals surface area contributed by atoms with Crippen molar-refractivity contribution in [1.29, 1.82) is 0 Å².